The average Bonchev–Trinajstić information content (AvgIpc) is 2.32. The Hall–Kier alpha value is -0.140. The molecule has 0 saturated heterocycles. The molecule has 0 N–H and O–H groups in total. The van der Waals surface area contributed by atoms with E-state index in [1.807, 2.05) is 0 Å². The lowest BCUT2D eigenvalue weighted by Gasteiger charge is -2.09. The number of halogens is 2. The van der Waals surface area contributed by atoms with Crippen LogP contribution in [0.15, 0.2) is 15.9 Å². The third-order valence-electron chi connectivity index (χ3n) is 1.20. The fraction of sp³-hybridized carbons (Fsp3) is 0.200. The van der Waals surface area contributed by atoms with Gasteiger partial charge >= 0.3 is 10.4 Å². The van der Waals surface area contributed by atoms with E-state index in [1.54, 1.807) is 6.07 Å². The molecule has 0 saturated carbocycles. The summed E-state index contributed by atoms with van der Waals surface area (Å²) in [6.45, 7) is 0. The highest BCUT2D eigenvalue weighted by Gasteiger charge is 2.17. The highest BCUT2D eigenvalue weighted by atomic mass is 79.9. The highest BCUT2D eigenvalue weighted by Crippen LogP contribution is 2.30. The van der Waals surface area contributed by atoms with E-state index < -0.39 is 10.4 Å². The van der Waals surface area contributed by atoms with E-state index in [1.165, 1.54) is 6.07 Å². The van der Waals surface area contributed by atoms with E-state index in [4.69, 9.17) is 0 Å². The molecule has 1 aromatic heterocycles. The van der Waals surface area contributed by atoms with Crippen molar-refractivity contribution >= 4 is 42.7 Å². The second-order valence-electron chi connectivity index (χ2n) is 1.99. The van der Waals surface area contributed by atoms with Crippen molar-refractivity contribution in [2.45, 2.75) is 0 Å². The minimum Gasteiger partial charge on any atom is -0.238 e. The lowest BCUT2D eigenvalue weighted by atomic mass is 10.6. The number of rotatable bonds is 2. The molecule has 0 radical (unpaired) electrons. The summed E-state index contributed by atoms with van der Waals surface area (Å²) in [6.07, 6.45) is 0. The molecule has 0 aliphatic rings. The molecule has 12 heavy (non-hydrogen) atoms. The van der Waals surface area contributed by atoms with Crippen molar-refractivity contribution in [1.29, 1.82) is 0 Å². The lowest BCUT2D eigenvalue weighted by Crippen LogP contribution is -2.20. The second kappa shape index (κ2) is 3.31. The van der Waals surface area contributed by atoms with Crippen LogP contribution < -0.4 is 4.31 Å². The van der Waals surface area contributed by atoms with Gasteiger partial charge < -0.3 is 0 Å². The standard InChI is InChI=1S/C5H5BrFNO2S2/c1-8(12(7,9)10)5-3-2-4(6)11-5/h2-3H,1H3. The Morgan fingerprint density at radius 3 is 2.50 bits per heavy atom. The number of hydrogen-bond donors (Lipinski definition) is 0. The molecule has 1 heterocycles. The van der Waals surface area contributed by atoms with Crippen LogP contribution >= 0.6 is 27.3 Å². The van der Waals surface area contributed by atoms with E-state index in [0.29, 0.717) is 9.31 Å². The Balaban J connectivity index is 3.01. The first-order valence-corrected chi connectivity index (χ1v) is 5.80. The zero-order valence-electron chi connectivity index (χ0n) is 5.99. The van der Waals surface area contributed by atoms with Gasteiger partial charge in [0.2, 0.25) is 0 Å². The normalized spacial score (nSPS) is 11.6. The van der Waals surface area contributed by atoms with Crippen molar-refractivity contribution in [2.75, 3.05) is 11.4 Å². The lowest BCUT2D eigenvalue weighted by molar-refractivity contribution is 0.550. The maximum Gasteiger partial charge on any atom is 0.399 e. The molecular formula is C5H5BrFNO2S2. The van der Waals surface area contributed by atoms with Gasteiger partial charge in [0.1, 0.15) is 5.00 Å². The Morgan fingerprint density at radius 2 is 2.17 bits per heavy atom. The summed E-state index contributed by atoms with van der Waals surface area (Å²) in [5.74, 6) is 0. The zero-order valence-corrected chi connectivity index (χ0v) is 9.21. The summed E-state index contributed by atoms with van der Waals surface area (Å²) in [7, 11) is -3.46. The third-order valence-corrected chi connectivity index (χ3v) is 3.86. The molecule has 1 aromatic rings. The van der Waals surface area contributed by atoms with Crippen molar-refractivity contribution in [3.8, 4) is 0 Å². The molecule has 0 spiro atoms. The van der Waals surface area contributed by atoms with E-state index in [0.717, 1.165) is 22.2 Å². The number of hydrogen-bond acceptors (Lipinski definition) is 3. The SMILES string of the molecule is CN(c1ccc(Br)s1)S(=O)(=O)F. The maximum absolute atomic E-state index is 12.4. The summed E-state index contributed by atoms with van der Waals surface area (Å²) in [6, 6.07) is 3.17. The maximum atomic E-state index is 12.4. The van der Waals surface area contributed by atoms with Crippen LogP contribution in [0.1, 0.15) is 0 Å². The van der Waals surface area contributed by atoms with Crippen molar-refractivity contribution in [2.24, 2.45) is 0 Å². The topological polar surface area (TPSA) is 37.4 Å². The number of nitrogens with zero attached hydrogens (tertiary/aromatic N) is 1. The van der Waals surface area contributed by atoms with Gasteiger partial charge in [-0.1, -0.05) is 3.89 Å². The fourth-order valence-corrected chi connectivity index (χ4v) is 2.47. The first kappa shape index (κ1) is 9.94. The quantitative estimate of drug-likeness (QED) is 0.775. The molecule has 0 unspecified atom stereocenters. The Morgan fingerprint density at radius 1 is 1.58 bits per heavy atom. The van der Waals surface area contributed by atoms with E-state index in [-0.39, 0.29) is 0 Å². The predicted molar refractivity (Wildman–Crippen MR) is 50.4 cm³/mol. The monoisotopic (exact) mass is 273 g/mol. The molecule has 68 valence electrons. The van der Waals surface area contributed by atoms with Gasteiger partial charge in [-0.25, -0.2) is 4.31 Å². The van der Waals surface area contributed by atoms with Gasteiger partial charge in [-0.05, 0) is 28.1 Å². The van der Waals surface area contributed by atoms with Gasteiger partial charge in [0, 0.05) is 7.05 Å². The van der Waals surface area contributed by atoms with Gasteiger partial charge in [0.25, 0.3) is 0 Å². The van der Waals surface area contributed by atoms with E-state index >= 15 is 0 Å². The first-order valence-electron chi connectivity index (χ1n) is 2.85. The van der Waals surface area contributed by atoms with Crippen LogP contribution in [0, 0.1) is 0 Å². The second-order valence-corrected chi connectivity index (χ2v) is 5.80. The molecule has 1 rings (SSSR count). The number of thiophene rings is 1. The minimum absolute atomic E-state index is 0.337. The van der Waals surface area contributed by atoms with Crippen LogP contribution in [0.3, 0.4) is 0 Å². The molecule has 0 aromatic carbocycles. The Bertz CT molecular complexity index is 375. The van der Waals surface area contributed by atoms with Crippen LogP contribution in [-0.4, -0.2) is 15.5 Å². The summed E-state index contributed by atoms with van der Waals surface area (Å²) in [5, 5.41) is 0.337. The van der Waals surface area contributed by atoms with Gasteiger partial charge in [0.05, 0.1) is 3.79 Å². The molecular weight excluding hydrogens is 269 g/mol. The van der Waals surface area contributed by atoms with Crippen molar-refractivity contribution in [1.82, 2.24) is 0 Å². The Kier molecular flexibility index (Phi) is 2.74. The third kappa shape index (κ3) is 2.18. The molecule has 0 amide bonds. The summed E-state index contributed by atoms with van der Waals surface area (Å²) < 4.78 is 34.5. The van der Waals surface area contributed by atoms with Gasteiger partial charge in [-0.2, -0.15) is 8.42 Å². The Labute approximate surface area is 82.3 Å². The molecule has 0 atom stereocenters. The molecule has 7 heteroatoms. The molecule has 3 nitrogen and oxygen atoms in total. The van der Waals surface area contributed by atoms with Gasteiger partial charge in [-0.3, -0.25) is 0 Å². The van der Waals surface area contributed by atoms with Crippen molar-refractivity contribution in [3.05, 3.63) is 15.9 Å². The largest absolute Gasteiger partial charge is 0.399 e. The van der Waals surface area contributed by atoms with Gasteiger partial charge in [0.15, 0.2) is 0 Å². The van der Waals surface area contributed by atoms with Crippen molar-refractivity contribution < 1.29 is 12.3 Å². The predicted octanol–water partition coefficient (Wildman–Crippen LogP) is 2.16. The smallest absolute Gasteiger partial charge is 0.238 e. The fourth-order valence-electron chi connectivity index (χ4n) is 0.581. The van der Waals surface area contributed by atoms with E-state index in [9.17, 15) is 12.3 Å². The summed E-state index contributed by atoms with van der Waals surface area (Å²) >= 11 is 4.29. The summed E-state index contributed by atoms with van der Waals surface area (Å²) in [5.41, 5.74) is 0. The van der Waals surface area contributed by atoms with E-state index in [2.05, 4.69) is 15.9 Å². The molecule has 0 fully saturated rings. The van der Waals surface area contributed by atoms with Crippen LogP contribution in [0.5, 0.6) is 0 Å². The number of anilines is 1. The summed E-state index contributed by atoms with van der Waals surface area (Å²) in [4.78, 5) is 0. The van der Waals surface area contributed by atoms with Crippen molar-refractivity contribution in [3.63, 3.8) is 0 Å². The average molecular weight is 274 g/mol. The molecule has 0 aliphatic heterocycles. The van der Waals surface area contributed by atoms with Gasteiger partial charge in [-0.15, -0.1) is 11.3 Å². The minimum atomic E-state index is -4.62. The van der Waals surface area contributed by atoms with Crippen LogP contribution in [0.2, 0.25) is 0 Å². The first-order chi connectivity index (χ1) is 5.41. The molecule has 0 aliphatic carbocycles. The van der Waals surface area contributed by atoms with Crippen LogP contribution in [0.25, 0.3) is 0 Å². The van der Waals surface area contributed by atoms with Crippen LogP contribution in [-0.2, 0) is 10.4 Å². The van der Waals surface area contributed by atoms with Crippen LogP contribution in [0.4, 0.5) is 8.89 Å². The zero-order chi connectivity index (χ0) is 9.35. The molecule has 0 bridgehead atoms. The highest BCUT2D eigenvalue weighted by molar-refractivity contribution is 9.11.